The largest absolute Gasteiger partial charge is 0.395 e. The average molecular weight is 325 g/mol. The van der Waals surface area contributed by atoms with Crippen molar-refractivity contribution in [1.29, 1.82) is 0 Å². The molecule has 1 atom stereocenters. The van der Waals surface area contributed by atoms with Crippen molar-refractivity contribution in [2.45, 2.75) is 25.2 Å². The number of halogens is 1. The molecule has 2 aromatic rings. The van der Waals surface area contributed by atoms with E-state index < -0.39 is 0 Å². The fourth-order valence-electron chi connectivity index (χ4n) is 2.26. The summed E-state index contributed by atoms with van der Waals surface area (Å²) in [5.41, 5.74) is 1.06. The fourth-order valence-corrected chi connectivity index (χ4v) is 3.89. The molecule has 2 rings (SSSR count). The first kappa shape index (κ1) is 13.8. The van der Waals surface area contributed by atoms with Crippen LogP contribution in [0.4, 0.5) is 0 Å². The number of hydrogen-bond acceptors (Lipinski definition) is 2. The molecule has 1 N–H and O–H groups in total. The highest BCUT2D eigenvalue weighted by molar-refractivity contribution is 9.11. The van der Waals surface area contributed by atoms with Gasteiger partial charge in [0.1, 0.15) is 0 Å². The fraction of sp³-hybridized carbons (Fsp3) is 0.333. The van der Waals surface area contributed by atoms with Crippen LogP contribution in [0.3, 0.4) is 0 Å². The quantitative estimate of drug-likeness (QED) is 0.864. The van der Waals surface area contributed by atoms with Crippen LogP contribution < -0.4 is 0 Å². The van der Waals surface area contributed by atoms with Crippen LogP contribution in [-0.4, -0.2) is 11.7 Å². The highest BCUT2D eigenvalue weighted by Crippen LogP contribution is 2.34. The Morgan fingerprint density at radius 1 is 1.17 bits per heavy atom. The van der Waals surface area contributed by atoms with Crippen LogP contribution in [0, 0.1) is 0 Å². The standard InChI is InChI=1S/C15H17BrOS/c1-2-15(11-17,12-6-4-3-5-7-12)10-13-8-9-14(16)18-13/h3-9,17H,2,10-11H2,1H3. The van der Waals surface area contributed by atoms with Crippen molar-refractivity contribution >= 4 is 27.3 Å². The second-order valence-electron chi connectivity index (χ2n) is 4.54. The van der Waals surface area contributed by atoms with Crippen molar-refractivity contribution in [3.63, 3.8) is 0 Å². The maximum absolute atomic E-state index is 9.89. The Kier molecular flexibility index (Phi) is 4.60. The summed E-state index contributed by atoms with van der Waals surface area (Å²) in [5, 5.41) is 9.89. The number of benzene rings is 1. The van der Waals surface area contributed by atoms with Gasteiger partial charge in [0.05, 0.1) is 10.4 Å². The lowest BCUT2D eigenvalue weighted by atomic mass is 9.76. The lowest BCUT2D eigenvalue weighted by Gasteiger charge is -2.31. The van der Waals surface area contributed by atoms with E-state index in [0.717, 1.165) is 16.6 Å². The highest BCUT2D eigenvalue weighted by atomic mass is 79.9. The summed E-state index contributed by atoms with van der Waals surface area (Å²) >= 11 is 5.24. The molecule has 3 heteroatoms. The normalized spacial score (nSPS) is 14.4. The zero-order valence-corrected chi connectivity index (χ0v) is 12.8. The molecule has 0 fully saturated rings. The first-order valence-corrected chi connectivity index (χ1v) is 7.72. The third kappa shape index (κ3) is 2.85. The Morgan fingerprint density at radius 2 is 1.89 bits per heavy atom. The van der Waals surface area contributed by atoms with Gasteiger partial charge in [0.2, 0.25) is 0 Å². The summed E-state index contributed by atoms with van der Waals surface area (Å²) in [6, 6.07) is 14.5. The summed E-state index contributed by atoms with van der Waals surface area (Å²) in [5.74, 6) is 0. The summed E-state index contributed by atoms with van der Waals surface area (Å²) in [7, 11) is 0. The molecule has 0 radical (unpaired) electrons. The number of aliphatic hydroxyl groups is 1. The smallest absolute Gasteiger partial charge is 0.0701 e. The van der Waals surface area contributed by atoms with Gasteiger partial charge in [-0.2, -0.15) is 0 Å². The third-order valence-corrected chi connectivity index (χ3v) is 5.13. The van der Waals surface area contributed by atoms with E-state index in [1.807, 2.05) is 18.2 Å². The maximum atomic E-state index is 9.89. The second kappa shape index (κ2) is 6.00. The maximum Gasteiger partial charge on any atom is 0.0701 e. The molecule has 18 heavy (non-hydrogen) atoms. The van der Waals surface area contributed by atoms with Gasteiger partial charge in [-0.25, -0.2) is 0 Å². The van der Waals surface area contributed by atoms with Gasteiger partial charge in [-0.15, -0.1) is 11.3 Å². The Hall–Kier alpha value is -0.640. The van der Waals surface area contributed by atoms with Crippen molar-refractivity contribution in [1.82, 2.24) is 0 Å². The van der Waals surface area contributed by atoms with Crippen LogP contribution >= 0.6 is 27.3 Å². The van der Waals surface area contributed by atoms with E-state index in [2.05, 4.69) is 47.1 Å². The molecule has 1 heterocycles. The predicted octanol–water partition coefficient (Wildman–Crippen LogP) is 4.39. The van der Waals surface area contributed by atoms with Gasteiger partial charge < -0.3 is 5.11 Å². The second-order valence-corrected chi connectivity index (χ2v) is 7.09. The summed E-state index contributed by atoms with van der Waals surface area (Å²) < 4.78 is 1.15. The minimum atomic E-state index is -0.161. The molecule has 1 aromatic heterocycles. The molecule has 0 amide bonds. The highest BCUT2D eigenvalue weighted by Gasteiger charge is 2.30. The van der Waals surface area contributed by atoms with Crippen molar-refractivity contribution in [2.75, 3.05) is 6.61 Å². The number of aliphatic hydroxyl groups excluding tert-OH is 1. The van der Waals surface area contributed by atoms with Gasteiger partial charge in [0.25, 0.3) is 0 Å². The van der Waals surface area contributed by atoms with Gasteiger partial charge in [0.15, 0.2) is 0 Å². The van der Waals surface area contributed by atoms with Crippen LogP contribution in [0.1, 0.15) is 23.8 Å². The Labute approximate surface area is 121 Å². The zero-order chi connectivity index (χ0) is 13.0. The molecule has 0 bridgehead atoms. The average Bonchev–Trinajstić information content (AvgIpc) is 2.82. The van der Waals surface area contributed by atoms with Crippen LogP contribution in [0.5, 0.6) is 0 Å². The van der Waals surface area contributed by atoms with Crippen LogP contribution in [0.15, 0.2) is 46.3 Å². The lowest BCUT2D eigenvalue weighted by Crippen LogP contribution is -2.32. The van der Waals surface area contributed by atoms with E-state index in [9.17, 15) is 5.11 Å². The molecular formula is C15H17BrOS. The number of thiophene rings is 1. The number of rotatable bonds is 5. The predicted molar refractivity (Wildman–Crippen MR) is 81.2 cm³/mol. The first-order valence-electron chi connectivity index (χ1n) is 6.11. The third-order valence-electron chi connectivity index (χ3n) is 3.51. The Bertz CT molecular complexity index is 488. The zero-order valence-electron chi connectivity index (χ0n) is 10.4. The van der Waals surface area contributed by atoms with Crippen molar-refractivity contribution in [3.05, 3.63) is 56.7 Å². The molecule has 0 aliphatic rings. The van der Waals surface area contributed by atoms with E-state index in [4.69, 9.17) is 0 Å². The van der Waals surface area contributed by atoms with Crippen LogP contribution in [0.25, 0.3) is 0 Å². The molecule has 0 saturated heterocycles. The molecular weight excluding hydrogens is 308 g/mol. The molecule has 1 unspecified atom stereocenters. The molecule has 0 spiro atoms. The van der Waals surface area contributed by atoms with E-state index in [0.29, 0.717) is 0 Å². The Balaban J connectivity index is 2.32. The first-order chi connectivity index (χ1) is 8.70. The summed E-state index contributed by atoms with van der Waals surface area (Å²) in [6.45, 7) is 2.33. The van der Waals surface area contributed by atoms with Gasteiger partial charge in [-0.1, -0.05) is 37.3 Å². The van der Waals surface area contributed by atoms with Crippen LogP contribution in [-0.2, 0) is 11.8 Å². The topological polar surface area (TPSA) is 20.2 Å². The molecule has 0 aliphatic heterocycles. The Morgan fingerprint density at radius 3 is 2.39 bits per heavy atom. The monoisotopic (exact) mass is 324 g/mol. The van der Waals surface area contributed by atoms with Gasteiger partial charge in [-0.05, 0) is 46.5 Å². The number of hydrogen-bond donors (Lipinski definition) is 1. The van der Waals surface area contributed by atoms with Crippen molar-refractivity contribution in [3.8, 4) is 0 Å². The van der Waals surface area contributed by atoms with Crippen molar-refractivity contribution < 1.29 is 5.11 Å². The van der Waals surface area contributed by atoms with Crippen molar-refractivity contribution in [2.24, 2.45) is 0 Å². The van der Waals surface area contributed by atoms with E-state index in [-0.39, 0.29) is 12.0 Å². The van der Waals surface area contributed by atoms with E-state index >= 15 is 0 Å². The molecule has 0 aliphatic carbocycles. The summed E-state index contributed by atoms with van der Waals surface area (Å²) in [6.07, 6.45) is 1.82. The SMILES string of the molecule is CCC(CO)(Cc1ccc(Br)s1)c1ccccc1. The van der Waals surface area contributed by atoms with Crippen LogP contribution in [0.2, 0.25) is 0 Å². The lowest BCUT2D eigenvalue weighted by molar-refractivity contribution is 0.187. The van der Waals surface area contributed by atoms with E-state index in [1.54, 1.807) is 11.3 Å². The molecule has 1 aromatic carbocycles. The minimum absolute atomic E-state index is 0.161. The molecule has 96 valence electrons. The van der Waals surface area contributed by atoms with Gasteiger partial charge in [-0.3, -0.25) is 0 Å². The molecule has 0 saturated carbocycles. The summed E-state index contributed by atoms with van der Waals surface area (Å²) in [4.78, 5) is 1.31. The van der Waals surface area contributed by atoms with Gasteiger partial charge >= 0.3 is 0 Å². The molecule has 1 nitrogen and oxygen atoms in total. The van der Waals surface area contributed by atoms with E-state index in [1.165, 1.54) is 10.4 Å². The van der Waals surface area contributed by atoms with Gasteiger partial charge in [0, 0.05) is 10.3 Å². The minimum Gasteiger partial charge on any atom is -0.395 e.